The van der Waals surface area contributed by atoms with Gasteiger partial charge in [-0.15, -0.1) is 0 Å². The van der Waals surface area contributed by atoms with Crippen LogP contribution in [0, 0.1) is 52.0 Å². The minimum atomic E-state index is -3.83. The number of aryl methyl sites for hydroxylation is 2. The molecule has 0 heterocycles. The summed E-state index contributed by atoms with van der Waals surface area (Å²) >= 11 is -3.83. The van der Waals surface area contributed by atoms with Gasteiger partial charge in [-0.25, -0.2) is 0 Å². The summed E-state index contributed by atoms with van der Waals surface area (Å²) in [4.78, 5) is 0. The third kappa shape index (κ3) is 15.1. The second kappa shape index (κ2) is 27.5. The number of rotatable bonds is 14. The van der Waals surface area contributed by atoms with E-state index in [2.05, 4.69) is 147 Å². The molecule has 8 rings (SSSR count). The summed E-state index contributed by atoms with van der Waals surface area (Å²) in [6, 6.07) is 22.9. The van der Waals surface area contributed by atoms with Gasteiger partial charge in [0.1, 0.15) is 0 Å². The first kappa shape index (κ1) is 74.4. The largest absolute Gasteiger partial charge is 2.00 e. The molecule has 6 aromatic carbocycles. The van der Waals surface area contributed by atoms with Crippen molar-refractivity contribution in [1.82, 2.24) is 0 Å². The van der Waals surface area contributed by atoms with Crippen molar-refractivity contribution < 1.29 is 63.5 Å². The number of halogens is 4. The fraction of sp³-hybridized carbons (Fsp3) is 0.513. The number of aromatic hydroxyl groups is 2. The zero-order chi connectivity index (χ0) is 62.9. The molecule has 2 aliphatic carbocycles. The van der Waals surface area contributed by atoms with Crippen LogP contribution < -0.4 is 9.47 Å². The Bertz CT molecular complexity index is 3170. The SMILES string of the molecule is Cc1cc(-c2cc(C(C)(C)C)cc(C(C)(C)C)c2)c(O)c(-c2c(O[CH2][Ge]([CH2]Oc3cc(F)c(C4(C)CCCCC4)c(F)c3-c3cc(C)cc(-c4cc(C(C)(C)C)cc(C(C)(C)C)c4)c3O)([CH](C)C)[CH](C)C)cc(F)c(C3(C)CCCCC3)c2F)c1.[CH3-].[CH3-].[Zr+2]. The molecule has 0 spiro atoms. The Balaban J connectivity index is 0.00000470. The molecule has 6 aromatic rings. The van der Waals surface area contributed by atoms with E-state index in [0.717, 1.165) is 83.0 Å². The van der Waals surface area contributed by atoms with Gasteiger partial charge in [0.2, 0.25) is 0 Å². The number of benzene rings is 6. The average molecular weight is 1350 g/mol. The minimum absolute atomic E-state index is 0. The molecule has 478 valence electrons. The number of phenols is 2. The first-order chi connectivity index (χ1) is 39.3. The van der Waals surface area contributed by atoms with Gasteiger partial charge < -0.3 is 14.9 Å². The van der Waals surface area contributed by atoms with Gasteiger partial charge in [-0.2, -0.15) is 0 Å². The molecule has 88 heavy (non-hydrogen) atoms. The van der Waals surface area contributed by atoms with Gasteiger partial charge in [0.05, 0.1) is 0 Å². The molecular formula is C78H106F4GeO4Zr. The number of ether oxygens (including phenoxy) is 2. The summed E-state index contributed by atoms with van der Waals surface area (Å²) in [7, 11) is 0. The van der Waals surface area contributed by atoms with Gasteiger partial charge in [0, 0.05) is 0 Å². The standard InChI is InChI=1S/C76H100F4GeO4.2CH3.Zr/c1-45(2)81(46(3)4,43-84-61-41-59(77)65(75(19)27-23-21-24-28-75)67(79)63(61)57-33-47(5)31-55(69(57)82)49-35-51(71(7,8)9)39-52(36-49)72(10,11)12)44-85-62-42-60(78)66(76(20)29-25-22-26-30-76)68(80)64(62)58-34-48(6)32-56(70(58)83)50-37-53(73(13,14)15)40-54(38-50)74(16,17)18;;;/h31-42,45-46,82-83H,21-30,43-44H2,1-20H3;2*1H3;/q;2*-1;+2. The van der Waals surface area contributed by atoms with Crippen molar-refractivity contribution in [2.75, 3.05) is 10.9 Å². The van der Waals surface area contributed by atoms with Crippen molar-refractivity contribution in [2.24, 2.45) is 0 Å². The van der Waals surface area contributed by atoms with Crippen molar-refractivity contribution in [3.05, 3.63) is 155 Å². The van der Waals surface area contributed by atoms with Crippen LogP contribution in [0.1, 0.15) is 233 Å². The van der Waals surface area contributed by atoms with E-state index in [-0.39, 0.29) is 139 Å². The predicted molar refractivity (Wildman–Crippen MR) is 363 cm³/mol. The molecule has 2 N–H and O–H groups in total. The second-order valence-electron chi connectivity index (χ2n) is 31.2. The van der Waals surface area contributed by atoms with Crippen LogP contribution in [0.2, 0.25) is 9.50 Å². The molecule has 0 radical (unpaired) electrons. The van der Waals surface area contributed by atoms with E-state index < -0.39 is 47.4 Å². The van der Waals surface area contributed by atoms with Crippen LogP contribution in [-0.2, 0) is 58.7 Å². The van der Waals surface area contributed by atoms with E-state index in [1.807, 2.05) is 39.8 Å². The monoisotopic (exact) mass is 1350 g/mol. The van der Waals surface area contributed by atoms with Crippen LogP contribution >= 0.6 is 0 Å². The van der Waals surface area contributed by atoms with Crippen LogP contribution in [0.3, 0.4) is 0 Å². The van der Waals surface area contributed by atoms with Crippen molar-refractivity contribution in [3.63, 3.8) is 0 Å². The molecular weight excluding hydrogens is 1240 g/mol. The number of hydrogen-bond donors (Lipinski definition) is 2. The molecule has 2 fully saturated rings. The van der Waals surface area contributed by atoms with E-state index in [9.17, 15) is 10.2 Å². The quantitative estimate of drug-likeness (QED) is 0.0648. The summed E-state index contributed by atoms with van der Waals surface area (Å²) in [6.45, 7) is 42.2. The van der Waals surface area contributed by atoms with Gasteiger partial charge in [-0.3, -0.25) is 0 Å². The first-order valence-electron chi connectivity index (χ1n) is 31.6. The maximum Gasteiger partial charge on any atom is 2.00 e. The van der Waals surface area contributed by atoms with E-state index in [1.165, 1.54) is 12.1 Å². The Labute approximate surface area is 551 Å². The summed E-state index contributed by atoms with van der Waals surface area (Å²) in [5, 5.41) is 25.6. The van der Waals surface area contributed by atoms with Crippen LogP contribution in [0.15, 0.2) is 72.8 Å². The zero-order valence-electron chi connectivity index (χ0n) is 57.8. The normalized spacial score (nSPS) is 15.6. The van der Waals surface area contributed by atoms with Crippen LogP contribution in [0.5, 0.6) is 23.0 Å². The molecule has 0 bridgehead atoms. The van der Waals surface area contributed by atoms with Crippen LogP contribution in [0.4, 0.5) is 17.6 Å². The zero-order valence-corrected chi connectivity index (χ0v) is 62.3. The maximum absolute atomic E-state index is 18.4. The fourth-order valence-corrected chi connectivity index (χ4v) is 21.2. The molecule has 0 saturated heterocycles. The average Bonchev–Trinajstić information content (AvgIpc) is 1.27. The topological polar surface area (TPSA) is 58.9 Å². The summed E-state index contributed by atoms with van der Waals surface area (Å²) in [6.07, 6.45) is 7.80. The van der Waals surface area contributed by atoms with Gasteiger partial charge in [0.25, 0.3) is 0 Å². The smallest absolute Gasteiger partial charge is 0.358 e. The number of phenolic OH excluding ortho intramolecular Hbond substituents is 2. The van der Waals surface area contributed by atoms with Crippen LogP contribution in [-0.4, -0.2) is 34.4 Å². The van der Waals surface area contributed by atoms with Gasteiger partial charge in [0.15, 0.2) is 0 Å². The molecule has 0 aliphatic heterocycles. The Hall–Kier alpha value is -4.33. The van der Waals surface area contributed by atoms with Crippen molar-refractivity contribution in [2.45, 2.75) is 245 Å². The Morgan fingerprint density at radius 3 is 0.977 bits per heavy atom. The summed E-state index contributed by atoms with van der Waals surface area (Å²) in [5.74, 6) is -3.17. The molecule has 10 heteroatoms. The van der Waals surface area contributed by atoms with E-state index in [1.54, 1.807) is 12.1 Å². The molecule has 0 aromatic heterocycles. The molecule has 4 nitrogen and oxygen atoms in total. The molecule has 0 amide bonds. The predicted octanol–water partition coefficient (Wildman–Crippen LogP) is 23.3. The van der Waals surface area contributed by atoms with E-state index in [4.69, 9.17) is 9.47 Å². The third-order valence-corrected chi connectivity index (χ3v) is 32.3. The van der Waals surface area contributed by atoms with Gasteiger partial charge >= 0.3 is 540 Å². The van der Waals surface area contributed by atoms with Crippen LogP contribution in [0.25, 0.3) is 44.5 Å². The van der Waals surface area contributed by atoms with E-state index in [0.29, 0.717) is 36.8 Å². The Morgan fingerprint density at radius 1 is 0.443 bits per heavy atom. The molecule has 2 aliphatic rings. The second-order valence-corrected chi connectivity index (χ2v) is 42.5. The molecule has 0 unspecified atom stereocenters. The van der Waals surface area contributed by atoms with E-state index >= 15 is 17.6 Å². The number of hydrogen-bond acceptors (Lipinski definition) is 4. The molecule has 0 atom stereocenters. The Kier molecular flexibility index (Phi) is 23.2. The maximum atomic E-state index is 18.4. The summed E-state index contributed by atoms with van der Waals surface area (Å²) in [5.41, 5.74) is 6.73. The fourth-order valence-electron chi connectivity index (χ4n) is 13.7. The van der Waals surface area contributed by atoms with Crippen molar-refractivity contribution >= 4 is 13.3 Å². The van der Waals surface area contributed by atoms with Crippen molar-refractivity contribution in [3.8, 4) is 67.5 Å². The minimum Gasteiger partial charge on any atom is -0.358 e. The Morgan fingerprint density at radius 2 is 0.716 bits per heavy atom. The third-order valence-electron chi connectivity index (χ3n) is 19.8. The summed E-state index contributed by atoms with van der Waals surface area (Å²) < 4.78 is 85.4. The van der Waals surface area contributed by atoms with Crippen molar-refractivity contribution in [1.29, 1.82) is 0 Å². The van der Waals surface area contributed by atoms with Gasteiger partial charge in [-0.05, 0) is 0 Å². The molecule has 2 saturated carbocycles. The van der Waals surface area contributed by atoms with Gasteiger partial charge in [-0.1, -0.05) is 0 Å². The first-order valence-corrected chi connectivity index (χ1v) is 37.0.